The predicted molar refractivity (Wildman–Crippen MR) is 78.5 cm³/mol. The smallest absolute Gasteiger partial charge is 0.269 e. The summed E-state index contributed by atoms with van der Waals surface area (Å²) in [6.07, 6.45) is 0.813. The number of rotatable bonds is 6. The van der Waals surface area contributed by atoms with E-state index in [0.717, 1.165) is 6.42 Å². The number of amides is 1. The van der Waals surface area contributed by atoms with E-state index in [9.17, 15) is 13.2 Å². The summed E-state index contributed by atoms with van der Waals surface area (Å²) in [6.45, 7) is 2.48. The summed E-state index contributed by atoms with van der Waals surface area (Å²) < 4.78 is 26.5. The zero-order chi connectivity index (χ0) is 15.3. The molecule has 0 unspecified atom stereocenters. The van der Waals surface area contributed by atoms with Gasteiger partial charge < -0.3 is 5.32 Å². The fraction of sp³-hybridized carbons (Fsp3) is 0.231. The van der Waals surface area contributed by atoms with Crippen LogP contribution in [-0.2, 0) is 10.0 Å². The molecule has 2 aromatic rings. The molecule has 1 amide bonds. The first kappa shape index (κ1) is 15.0. The zero-order valence-electron chi connectivity index (χ0n) is 11.5. The lowest BCUT2D eigenvalue weighted by Gasteiger charge is -2.04. The lowest BCUT2D eigenvalue weighted by Crippen LogP contribution is -2.24. The third kappa shape index (κ3) is 3.82. The molecule has 0 bridgehead atoms. The van der Waals surface area contributed by atoms with Gasteiger partial charge in [0, 0.05) is 12.6 Å². The Balaban J connectivity index is 2.11. The molecule has 0 aliphatic carbocycles. The van der Waals surface area contributed by atoms with Gasteiger partial charge in [0.1, 0.15) is 5.69 Å². The molecule has 0 saturated heterocycles. The van der Waals surface area contributed by atoms with Crippen molar-refractivity contribution in [3.8, 4) is 0 Å². The minimum absolute atomic E-state index is 0.0699. The van der Waals surface area contributed by atoms with Crippen LogP contribution < -0.4 is 10.0 Å². The third-order valence-corrected chi connectivity index (χ3v) is 4.02. The quantitative estimate of drug-likeness (QED) is 0.749. The molecule has 7 nitrogen and oxygen atoms in total. The number of nitrogens with zero attached hydrogens (tertiary/aromatic N) is 1. The summed E-state index contributed by atoms with van der Waals surface area (Å²) in [5.41, 5.74) is 0.203. The molecule has 0 atom stereocenters. The van der Waals surface area contributed by atoms with E-state index in [0.29, 0.717) is 6.54 Å². The van der Waals surface area contributed by atoms with Gasteiger partial charge in [0.25, 0.3) is 15.9 Å². The molecule has 0 aliphatic rings. The maximum atomic E-state index is 12.1. The van der Waals surface area contributed by atoms with Crippen LogP contribution in [0.5, 0.6) is 0 Å². The number of carbonyl (C=O) groups is 1. The molecular formula is C13H16N4O3S. The van der Waals surface area contributed by atoms with Gasteiger partial charge in [-0.1, -0.05) is 25.1 Å². The minimum atomic E-state index is -3.71. The van der Waals surface area contributed by atoms with Crippen LogP contribution in [0.4, 0.5) is 5.82 Å². The monoisotopic (exact) mass is 308 g/mol. The fourth-order valence-corrected chi connectivity index (χ4v) is 2.63. The van der Waals surface area contributed by atoms with Crippen molar-refractivity contribution >= 4 is 21.7 Å². The molecule has 2 rings (SSSR count). The fourth-order valence-electron chi connectivity index (χ4n) is 1.62. The van der Waals surface area contributed by atoms with Gasteiger partial charge in [0.05, 0.1) is 4.90 Å². The van der Waals surface area contributed by atoms with Crippen LogP contribution >= 0.6 is 0 Å². The number of hydrogen-bond donors (Lipinski definition) is 3. The Hall–Kier alpha value is -2.35. The van der Waals surface area contributed by atoms with Crippen LogP contribution in [0.25, 0.3) is 0 Å². The van der Waals surface area contributed by atoms with E-state index in [4.69, 9.17) is 0 Å². The molecule has 112 valence electrons. The standard InChI is InChI=1S/C13H16N4O3S/c1-2-8-14-13(18)11-9-12(16-15-11)17-21(19,20)10-6-4-3-5-7-10/h3-7,9H,2,8H2,1H3,(H,14,18)(H2,15,16,17). The van der Waals surface area contributed by atoms with E-state index in [1.165, 1.54) is 18.2 Å². The number of anilines is 1. The average Bonchev–Trinajstić information content (AvgIpc) is 2.93. The van der Waals surface area contributed by atoms with Gasteiger partial charge in [-0.05, 0) is 18.6 Å². The number of carbonyl (C=O) groups excluding carboxylic acids is 1. The number of aromatic nitrogens is 2. The molecule has 8 heteroatoms. The predicted octanol–water partition coefficient (Wildman–Crippen LogP) is 1.35. The number of H-pyrrole nitrogens is 1. The Morgan fingerprint density at radius 3 is 2.67 bits per heavy atom. The van der Waals surface area contributed by atoms with Crippen molar-refractivity contribution in [2.45, 2.75) is 18.2 Å². The number of hydrogen-bond acceptors (Lipinski definition) is 4. The Labute approximate surface area is 122 Å². The van der Waals surface area contributed by atoms with Crippen molar-refractivity contribution in [1.82, 2.24) is 15.5 Å². The van der Waals surface area contributed by atoms with Gasteiger partial charge in [-0.3, -0.25) is 14.6 Å². The van der Waals surface area contributed by atoms with Gasteiger partial charge >= 0.3 is 0 Å². The van der Waals surface area contributed by atoms with E-state index < -0.39 is 10.0 Å². The summed E-state index contributed by atoms with van der Waals surface area (Å²) in [5, 5.41) is 8.95. The van der Waals surface area contributed by atoms with Gasteiger partial charge in [-0.2, -0.15) is 5.10 Å². The minimum Gasteiger partial charge on any atom is -0.351 e. The maximum absolute atomic E-state index is 12.1. The molecule has 0 spiro atoms. The largest absolute Gasteiger partial charge is 0.351 e. The normalized spacial score (nSPS) is 11.1. The van der Waals surface area contributed by atoms with Crippen molar-refractivity contribution in [3.63, 3.8) is 0 Å². The van der Waals surface area contributed by atoms with Gasteiger partial charge in [-0.25, -0.2) is 8.42 Å². The molecule has 1 aromatic heterocycles. The number of benzene rings is 1. The molecule has 21 heavy (non-hydrogen) atoms. The first-order chi connectivity index (χ1) is 10.0. The average molecular weight is 308 g/mol. The lowest BCUT2D eigenvalue weighted by atomic mass is 10.4. The molecule has 0 radical (unpaired) electrons. The Kier molecular flexibility index (Phi) is 4.59. The first-order valence-corrected chi connectivity index (χ1v) is 7.92. The highest BCUT2D eigenvalue weighted by Crippen LogP contribution is 2.14. The van der Waals surface area contributed by atoms with Crippen LogP contribution in [0, 0.1) is 0 Å². The van der Waals surface area contributed by atoms with Gasteiger partial charge in [0.2, 0.25) is 0 Å². The Morgan fingerprint density at radius 2 is 2.00 bits per heavy atom. The third-order valence-electron chi connectivity index (χ3n) is 2.65. The Bertz CT molecular complexity index is 710. The van der Waals surface area contributed by atoms with Crippen molar-refractivity contribution in [3.05, 3.63) is 42.1 Å². The van der Waals surface area contributed by atoms with Crippen molar-refractivity contribution in [1.29, 1.82) is 0 Å². The SMILES string of the molecule is CCCNC(=O)c1cc(NS(=O)(=O)c2ccccc2)n[nH]1. The molecular weight excluding hydrogens is 292 g/mol. The van der Waals surface area contributed by atoms with E-state index >= 15 is 0 Å². The summed E-state index contributed by atoms with van der Waals surface area (Å²) >= 11 is 0. The molecule has 0 aliphatic heterocycles. The second-order valence-corrected chi connectivity index (χ2v) is 6.02. The topological polar surface area (TPSA) is 104 Å². The van der Waals surface area contributed by atoms with Crippen LogP contribution in [0.15, 0.2) is 41.3 Å². The van der Waals surface area contributed by atoms with E-state index in [1.54, 1.807) is 18.2 Å². The van der Waals surface area contributed by atoms with Crippen molar-refractivity contribution < 1.29 is 13.2 Å². The zero-order valence-corrected chi connectivity index (χ0v) is 12.3. The lowest BCUT2D eigenvalue weighted by molar-refractivity contribution is 0.0948. The molecule has 1 heterocycles. The van der Waals surface area contributed by atoms with Crippen LogP contribution in [0.2, 0.25) is 0 Å². The van der Waals surface area contributed by atoms with E-state index in [2.05, 4.69) is 20.2 Å². The highest BCUT2D eigenvalue weighted by atomic mass is 32.2. The molecule has 0 saturated carbocycles. The molecule has 3 N–H and O–H groups in total. The maximum Gasteiger partial charge on any atom is 0.269 e. The summed E-state index contributed by atoms with van der Waals surface area (Å²) in [5.74, 6) is -0.255. The van der Waals surface area contributed by atoms with Crippen molar-refractivity contribution in [2.75, 3.05) is 11.3 Å². The summed E-state index contributed by atoms with van der Waals surface area (Å²) in [7, 11) is -3.71. The molecule has 0 fully saturated rings. The van der Waals surface area contributed by atoms with Gasteiger partial charge in [-0.15, -0.1) is 0 Å². The summed E-state index contributed by atoms with van der Waals surface area (Å²) in [4.78, 5) is 11.8. The Morgan fingerprint density at radius 1 is 1.29 bits per heavy atom. The van der Waals surface area contributed by atoms with Crippen LogP contribution in [0.1, 0.15) is 23.8 Å². The van der Waals surface area contributed by atoms with Gasteiger partial charge in [0.15, 0.2) is 5.82 Å². The highest BCUT2D eigenvalue weighted by molar-refractivity contribution is 7.92. The van der Waals surface area contributed by atoms with Crippen LogP contribution in [0.3, 0.4) is 0 Å². The molecule has 1 aromatic carbocycles. The number of nitrogens with one attached hydrogen (secondary N) is 3. The number of sulfonamides is 1. The van der Waals surface area contributed by atoms with Crippen LogP contribution in [-0.4, -0.2) is 31.1 Å². The number of aromatic amines is 1. The summed E-state index contributed by atoms with van der Waals surface area (Å²) in [6, 6.07) is 9.29. The van der Waals surface area contributed by atoms with Crippen molar-refractivity contribution in [2.24, 2.45) is 0 Å². The van der Waals surface area contributed by atoms with E-state index in [-0.39, 0.29) is 22.3 Å². The second kappa shape index (κ2) is 6.40. The second-order valence-electron chi connectivity index (χ2n) is 4.34. The first-order valence-electron chi connectivity index (χ1n) is 6.44. The highest BCUT2D eigenvalue weighted by Gasteiger charge is 2.16. The van der Waals surface area contributed by atoms with E-state index in [1.807, 2.05) is 6.92 Å².